The van der Waals surface area contributed by atoms with E-state index in [0.717, 1.165) is 44.5 Å². The van der Waals surface area contributed by atoms with Crippen molar-refractivity contribution in [2.24, 2.45) is 0 Å². The molecule has 4 nitrogen and oxygen atoms in total. The highest BCUT2D eigenvalue weighted by atomic mass is 16.4. The molecular weight excluding hydrogens is 424 g/mol. The van der Waals surface area contributed by atoms with Crippen molar-refractivity contribution in [1.29, 1.82) is 0 Å². The molecule has 0 aliphatic heterocycles. The lowest BCUT2D eigenvalue weighted by Crippen LogP contribution is -2.03. The first-order valence-electron chi connectivity index (χ1n) is 11.2. The Morgan fingerprint density at radius 2 is 0.912 bits per heavy atom. The summed E-state index contributed by atoms with van der Waals surface area (Å²) in [5, 5.41) is 19.1. The molecule has 0 bridgehead atoms. The van der Waals surface area contributed by atoms with Crippen LogP contribution in [0.2, 0.25) is 0 Å². The van der Waals surface area contributed by atoms with Crippen LogP contribution in [0, 0.1) is 13.8 Å². The molecule has 0 radical (unpaired) electrons. The Bertz CT molecular complexity index is 1240. The first-order valence-corrected chi connectivity index (χ1v) is 11.2. The predicted octanol–water partition coefficient (Wildman–Crippen LogP) is 6.82. The van der Waals surface area contributed by atoms with Crippen LogP contribution in [0.4, 0.5) is 0 Å². The van der Waals surface area contributed by atoms with Gasteiger partial charge in [0, 0.05) is 0 Å². The normalized spacial score (nSPS) is 10.8. The number of benzene rings is 4. The number of hydrogen-bond acceptors (Lipinski definition) is 2. The van der Waals surface area contributed by atoms with Gasteiger partial charge in [-0.3, -0.25) is 0 Å². The molecule has 4 aromatic rings. The summed E-state index contributed by atoms with van der Waals surface area (Å²) in [6, 6.07) is 26.7. The Labute approximate surface area is 199 Å². The smallest absolute Gasteiger partial charge is 0.335 e. The van der Waals surface area contributed by atoms with Crippen LogP contribution in [0.15, 0.2) is 84.9 Å². The minimum Gasteiger partial charge on any atom is -0.478 e. The Balaban J connectivity index is 1.75. The summed E-state index contributed by atoms with van der Waals surface area (Å²) in [5.41, 5.74) is 8.63. The number of aromatic carboxylic acids is 2. The summed E-state index contributed by atoms with van der Waals surface area (Å²) in [6.45, 7) is 4.06. The number of hydrogen-bond donors (Lipinski definition) is 2. The van der Waals surface area contributed by atoms with Gasteiger partial charge in [-0.15, -0.1) is 0 Å². The molecule has 0 aliphatic carbocycles. The van der Waals surface area contributed by atoms with Crippen molar-refractivity contribution in [3.63, 3.8) is 0 Å². The van der Waals surface area contributed by atoms with Crippen LogP contribution in [0.5, 0.6) is 0 Å². The first-order chi connectivity index (χ1) is 16.3. The number of rotatable bonds is 7. The highest BCUT2D eigenvalue weighted by molar-refractivity contribution is 5.90. The van der Waals surface area contributed by atoms with Crippen molar-refractivity contribution in [3.8, 4) is 22.3 Å². The zero-order valence-electron chi connectivity index (χ0n) is 19.2. The van der Waals surface area contributed by atoms with E-state index in [-0.39, 0.29) is 11.1 Å². The van der Waals surface area contributed by atoms with Crippen LogP contribution < -0.4 is 0 Å². The van der Waals surface area contributed by atoms with Gasteiger partial charge < -0.3 is 10.2 Å². The lowest BCUT2D eigenvalue weighted by Gasteiger charge is -2.15. The average molecular weight is 451 g/mol. The van der Waals surface area contributed by atoms with Gasteiger partial charge in [-0.2, -0.15) is 0 Å². The molecule has 0 unspecified atom stereocenters. The van der Waals surface area contributed by atoms with Gasteiger partial charge >= 0.3 is 11.9 Å². The maximum absolute atomic E-state index is 11.6. The van der Waals surface area contributed by atoms with Gasteiger partial charge in [0.25, 0.3) is 0 Å². The summed E-state index contributed by atoms with van der Waals surface area (Å²) in [5.74, 6) is -1.94. The number of carboxylic acid groups (broad SMARTS) is 2. The van der Waals surface area contributed by atoms with Crippen molar-refractivity contribution in [2.75, 3.05) is 0 Å². The molecule has 4 rings (SSSR count). The number of aryl methyl sites for hydroxylation is 4. The third-order valence-corrected chi connectivity index (χ3v) is 6.09. The van der Waals surface area contributed by atoms with E-state index in [9.17, 15) is 19.8 Å². The van der Waals surface area contributed by atoms with Crippen LogP contribution in [-0.4, -0.2) is 22.2 Å². The van der Waals surface area contributed by atoms with Crippen molar-refractivity contribution < 1.29 is 19.8 Å². The molecule has 4 heteroatoms. The highest BCUT2D eigenvalue weighted by Gasteiger charge is 2.14. The van der Waals surface area contributed by atoms with Crippen molar-refractivity contribution in [3.05, 3.63) is 118 Å². The summed E-state index contributed by atoms with van der Waals surface area (Å²) in [7, 11) is 0. The van der Waals surface area contributed by atoms with Gasteiger partial charge in [-0.25, -0.2) is 9.59 Å². The van der Waals surface area contributed by atoms with Crippen LogP contribution in [0.1, 0.15) is 43.0 Å². The van der Waals surface area contributed by atoms with E-state index in [1.807, 2.05) is 74.5 Å². The quantitative estimate of drug-likeness (QED) is 0.324. The van der Waals surface area contributed by atoms with E-state index in [0.29, 0.717) is 12.8 Å². The molecule has 0 amide bonds. The number of carboxylic acids is 2. The van der Waals surface area contributed by atoms with E-state index in [1.54, 1.807) is 24.3 Å². The van der Waals surface area contributed by atoms with Crippen LogP contribution >= 0.6 is 0 Å². The monoisotopic (exact) mass is 450 g/mol. The summed E-state index contributed by atoms with van der Waals surface area (Å²) in [6.07, 6.45) is 1.15. The van der Waals surface area contributed by atoms with E-state index in [2.05, 4.69) is 0 Å². The van der Waals surface area contributed by atoms with Crippen molar-refractivity contribution in [1.82, 2.24) is 0 Å². The maximum Gasteiger partial charge on any atom is 0.335 e. The average Bonchev–Trinajstić information content (AvgIpc) is 2.83. The fraction of sp³-hybridized carbons (Fsp3) is 0.133. The minimum atomic E-state index is -0.968. The predicted molar refractivity (Wildman–Crippen MR) is 135 cm³/mol. The van der Waals surface area contributed by atoms with E-state index in [4.69, 9.17) is 0 Å². The van der Waals surface area contributed by atoms with Gasteiger partial charge in [-0.05, 0) is 84.3 Å². The van der Waals surface area contributed by atoms with Crippen molar-refractivity contribution >= 4 is 11.9 Å². The third-order valence-electron chi connectivity index (χ3n) is 6.09. The van der Waals surface area contributed by atoms with Crippen molar-refractivity contribution in [2.45, 2.75) is 26.7 Å². The Morgan fingerprint density at radius 1 is 0.559 bits per heavy atom. The largest absolute Gasteiger partial charge is 0.478 e. The zero-order chi connectivity index (χ0) is 24.2. The summed E-state index contributed by atoms with van der Waals surface area (Å²) in [4.78, 5) is 23.3. The molecule has 0 heterocycles. The second-order valence-corrected chi connectivity index (χ2v) is 8.59. The minimum absolute atomic E-state index is 0.240. The molecule has 0 atom stereocenters. The van der Waals surface area contributed by atoms with E-state index in [1.165, 1.54) is 0 Å². The Morgan fingerprint density at radius 3 is 1.24 bits per heavy atom. The molecule has 0 saturated carbocycles. The fourth-order valence-electron chi connectivity index (χ4n) is 4.17. The molecule has 2 N–H and O–H groups in total. The van der Waals surface area contributed by atoms with Crippen LogP contribution in [-0.2, 0) is 12.8 Å². The topological polar surface area (TPSA) is 74.6 Å². The SMILES string of the molecule is Cc1ccc(-c2ccc(C(=O)O)cc2CCc2cc(C(=O)O)ccc2-c2ccc(C)cc2)cc1. The summed E-state index contributed by atoms with van der Waals surface area (Å²) >= 11 is 0. The van der Waals surface area contributed by atoms with Gasteiger partial charge in [0.2, 0.25) is 0 Å². The van der Waals surface area contributed by atoms with E-state index < -0.39 is 11.9 Å². The molecule has 4 aromatic carbocycles. The lowest BCUT2D eigenvalue weighted by atomic mass is 9.90. The van der Waals surface area contributed by atoms with Gasteiger partial charge in [0.15, 0.2) is 0 Å². The summed E-state index contributed by atoms with van der Waals surface area (Å²) < 4.78 is 0. The molecule has 0 aromatic heterocycles. The molecule has 0 aliphatic rings. The van der Waals surface area contributed by atoms with Crippen LogP contribution in [0.3, 0.4) is 0 Å². The van der Waals surface area contributed by atoms with E-state index >= 15 is 0 Å². The Kier molecular flexibility index (Phi) is 6.60. The van der Waals surface area contributed by atoms with Gasteiger partial charge in [-0.1, -0.05) is 71.8 Å². The fourth-order valence-corrected chi connectivity index (χ4v) is 4.17. The molecule has 34 heavy (non-hydrogen) atoms. The van der Waals surface area contributed by atoms with Gasteiger partial charge in [0.1, 0.15) is 0 Å². The Hall–Kier alpha value is -4.18. The van der Waals surface area contributed by atoms with Crippen LogP contribution in [0.25, 0.3) is 22.3 Å². The molecular formula is C30H26O4. The van der Waals surface area contributed by atoms with Gasteiger partial charge in [0.05, 0.1) is 11.1 Å². The molecule has 0 saturated heterocycles. The highest BCUT2D eigenvalue weighted by Crippen LogP contribution is 2.30. The third kappa shape index (κ3) is 5.07. The first kappa shape index (κ1) is 23.0. The number of carbonyl (C=O) groups is 2. The molecule has 170 valence electrons. The molecule has 0 spiro atoms. The molecule has 0 fully saturated rings. The standard InChI is InChI=1S/C30H26O4/c1-19-3-7-21(8-4-19)27-15-13-25(29(31)32)17-23(27)11-12-24-18-26(30(33)34)14-16-28(24)22-9-5-20(2)6-10-22/h3-10,13-18H,11-12H2,1-2H3,(H,31,32)(H,33,34). The second kappa shape index (κ2) is 9.75. The maximum atomic E-state index is 11.6. The lowest BCUT2D eigenvalue weighted by molar-refractivity contribution is 0.0686. The second-order valence-electron chi connectivity index (χ2n) is 8.59. The zero-order valence-corrected chi connectivity index (χ0v) is 19.2.